The summed E-state index contributed by atoms with van der Waals surface area (Å²) in [4.78, 5) is 36.3. The van der Waals surface area contributed by atoms with Crippen LogP contribution in [0.1, 0.15) is 30.9 Å². The summed E-state index contributed by atoms with van der Waals surface area (Å²) in [6.07, 6.45) is 0.118. The van der Waals surface area contributed by atoms with Crippen molar-refractivity contribution in [3.63, 3.8) is 0 Å². The number of carbonyl (C=O) groups is 3. The quantitative estimate of drug-likeness (QED) is 0.686. The van der Waals surface area contributed by atoms with Crippen molar-refractivity contribution in [2.75, 3.05) is 11.9 Å². The monoisotopic (exact) mass is 385 g/mol. The van der Waals surface area contributed by atoms with Gasteiger partial charge in [0.1, 0.15) is 5.78 Å². The highest BCUT2D eigenvalue weighted by Crippen LogP contribution is 2.29. The Balaban J connectivity index is 1.82. The van der Waals surface area contributed by atoms with Gasteiger partial charge in [-0.05, 0) is 68.3 Å². The first-order valence-corrected chi connectivity index (χ1v) is 9.45. The molecule has 6 heteroatoms. The van der Waals surface area contributed by atoms with E-state index in [4.69, 9.17) is 4.74 Å². The van der Waals surface area contributed by atoms with E-state index in [2.05, 4.69) is 37.4 Å². The summed E-state index contributed by atoms with van der Waals surface area (Å²) in [5.74, 6) is -1.06. The molecule has 27 heavy (non-hydrogen) atoms. The Kier molecular flexibility index (Phi) is 7.61. The van der Waals surface area contributed by atoms with Crippen molar-refractivity contribution in [1.82, 2.24) is 0 Å². The highest BCUT2D eigenvalue weighted by atomic mass is 32.2. The maximum atomic E-state index is 11.8. The fourth-order valence-electron chi connectivity index (χ4n) is 2.21. The van der Waals surface area contributed by atoms with E-state index in [0.717, 1.165) is 9.79 Å². The molecule has 0 aliphatic heterocycles. The molecule has 142 valence electrons. The molecule has 0 bridgehead atoms. The lowest BCUT2D eigenvalue weighted by molar-refractivity contribution is -0.148. The van der Waals surface area contributed by atoms with E-state index in [1.807, 2.05) is 12.1 Å². The molecule has 0 unspecified atom stereocenters. The Morgan fingerprint density at radius 3 is 2.22 bits per heavy atom. The molecule has 0 radical (unpaired) electrons. The van der Waals surface area contributed by atoms with Gasteiger partial charge in [0, 0.05) is 21.9 Å². The van der Waals surface area contributed by atoms with Crippen molar-refractivity contribution < 1.29 is 19.1 Å². The Hall–Kier alpha value is -2.60. The van der Waals surface area contributed by atoms with E-state index in [0.29, 0.717) is 5.69 Å². The van der Waals surface area contributed by atoms with Crippen molar-refractivity contribution >= 4 is 35.1 Å². The molecule has 0 spiro atoms. The summed E-state index contributed by atoms with van der Waals surface area (Å²) in [6, 6.07) is 13.8. The molecular formula is C21H23NO4S. The number of esters is 1. The number of carbonyl (C=O) groups excluding carboxylic acids is 3. The number of ketones is 1. The molecule has 0 aromatic heterocycles. The van der Waals surface area contributed by atoms with Gasteiger partial charge in [0.05, 0.1) is 6.42 Å². The Morgan fingerprint density at radius 1 is 0.926 bits per heavy atom. The van der Waals surface area contributed by atoms with E-state index < -0.39 is 11.9 Å². The Morgan fingerprint density at radius 2 is 1.59 bits per heavy atom. The number of aryl methyl sites for hydroxylation is 2. The van der Waals surface area contributed by atoms with Crippen molar-refractivity contribution in [2.45, 2.75) is 43.4 Å². The molecule has 2 aromatic rings. The summed E-state index contributed by atoms with van der Waals surface area (Å²) in [5, 5.41) is 2.68. The molecule has 2 rings (SSSR count). The van der Waals surface area contributed by atoms with Gasteiger partial charge in [0.15, 0.2) is 6.61 Å². The SMILES string of the molecule is CC(=O)CCC(=O)OCC(=O)Nc1ccc(Sc2ccc(C)c(C)c2)cc1. The average Bonchev–Trinajstić information content (AvgIpc) is 2.63. The molecule has 5 nitrogen and oxygen atoms in total. The second kappa shape index (κ2) is 9.92. The minimum absolute atomic E-state index is 0.00693. The third-order valence-corrected chi connectivity index (χ3v) is 4.90. The predicted octanol–water partition coefficient (Wildman–Crippen LogP) is 4.31. The largest absolute Gasteiger partial charge is 0.456 e. The Labute approximate surface area is 163 Å². The fraction of sp³-hybridized carbons (Fsp3) is 0.286. The van der Waals surface area contributed by atoms with Crippen LogP contribution in [-0.4, -0.2) is 24.3 Å². The topological polar surface area (TPSA) is 72.5 Å². The normalized spacial score (nSPS) is 10.3. The molecule has 1 N–H and O–H groups in total. The molecule has 0 aliphatic rings. The summed E-state index contributed by atoms with van der Waals surface area (Å²) in [5.41, 5.74) is 3.14. The van der Waals surface area contributed by atoms with E-state index in [9.17, 15) is 14.4 Å². The van der Waals surface area contributed by atoms with Crippen LogP contribution in [0.2, 0.25) is 0 Å². The van der Waals surface area contributed by atoms with Crippen LogP contribution in [0.4, 0.5) is 5.69 Å². The summed E-state index contributed by atoms with van der Waals surface area (Å²) >= 11 is 1.65. The maximum Gasteiger partial charge on any atom is 0.306 e. The van der Waals surface area contributed by atoms with Crippen LogP contribution in [0.25, 0.3) is 0 Å². The number of rotatable bonds is 8. The lowest BCUT2D eigenvalue weighted by Gasteiger charge is -2.08. The Bertz CT molecular complexity index is 831. The standard InChI is InChI=1S/C21H23NO4S/c1-14-4-8-19(12-15(14)2)27-18-9-6-17(7-10-18)22-20(24)13-26-21(25)11-5-16(3)23/h4,6-10,12H,5,11,13H2,1-3H3,(H,22,24). The van der Waals surface area contributed by atoms with Gasteiger partial charge < -0.3 is 14.8 Å². The molecule has 2 aromatic carbocycles. The molecule has 0 atom stereocenters. The molecule has 0 heterocycles. The van der Waals surface area contributed by atoms with Crippen molar-refractivity contribution in [3.05, 3.63) is 53.6 Å². The average molecular weight is 385 g/mol. The molecular weight excluding hydrogens is 362 g/mol. The molecule has 1 amide bonds. The van der Waals surface area contributed by atoms with Crippen LogP contribution < -0.4 is 5.32 Å². The molecule has 0 aliphatic carbocycles. The molecule has 0 saturated carbocycles. The summed E-state index contributed by atoms with van der Waals surface area (Å²) in [7, 11) is 0. The number of hydrogen-bond acceptors (Lipinski definition) is 5. The summed E-state index contributed by atoms with van der Waals surface area (Å²) < 4.78 is 4.84. The predicted molar refractivity (Wildman–Crippen MR) is 106 cm³/mol. The van der Waals surface area contributed by atoms with Crippen LogP contribution in [0.15, 0.2) is 52.3 Å². The third kappa shape index (κ3) is 7.27. The van der Waals surface area contributed by atoms with E-state index >= 15 is 0 Å². The van der Waals surface area contributed by atoms with Crippen LogP contribution >= 0.6 is 11.8 Å². The van der Waals surface area contributed by atoms with Gasteiger partial charge in [0.25, 0.3) is 5.91 Å². The van der Waals surface area contributed by atoms with Gasteiger partial charge in [-0.3, -0.25) is 9.59 Å². The van der Waals surface area contributed by atoms with E-state index in [1.165, 1.54) is 18.1 Å². The second-order valence-corrected chi connectivity index (χ2v) is 7.43. The van der Waals surface area contributed by atoms with Crippen molar-refractivity contribution in [3.8, 4) is 0 Å². The van der Waals surface area contributed by atoms with Crippen molar-refractivity contribution in [1.29, 1.82) is 0 Å². The number of hydrogen-bond donors (Lipinski definition) is 1. The van der Waals surface area contributed by atoms with E-state index in [-0.39, 0.29) is 25.2 Å². The van der Waals surface area contributed by atoms with Gasteiger partial charge in [0.2, 0.25) is 0 Å². The first-order chi connectivity index (χ1) is 12.8. The van der Waals surface area contributed by atoms with Gasteiger partial charge >= 0.3 is 5.97 Å². The lowest BCUT2D eigenvalue weighted by atomic mass is 10.1. The van der Waals surface area contributed by atoms with Gasteiger partial charge in [-0.1, -0.05) is 17.8 Å². The van der Waals surface area contributed by atoms with Gasteiger partial charge in [-0.25, -0.2) is 0 Å². The fourth-order valence-corrected chi connectivity index (χ4v) is 3.13. The van der Waals surface area contributed by atoms with Crippen LogP contribution in [0.5, 0.6) is 0 Å². The van der Waals surface area contributed by atoms with Crippen LogP contribution in [0, 0.1) is 13.8 Å². The number of benzene rings is 2. The minimum atomic E-state index is -0.555. The zero-order chi connectivity index (χ0) is 19.8. The highest BCUT2D eigenvalue weighted by Gasteiger charge is 2.09. The van der Waals surface area contributed by atoms with Crippen molar-refractivity contribution in [2.24, 2.45) is 0 Å². The second-order valence-electron chi connectivity index (χ2n) is 6.28. The molecule has 0 fully saturated rings. The van der Waals surface area contributed by atoms with Gasteiger partial charge in [-0.15, -0.1) is 0 Å². The number of Topliss-reactive ketones (excluding diaryl/α,β-unsaturated/α-hetero) is 1. The molecule has 0 saturated heterocycles. The number of anilines is 1. The lowest BCUT2D eigenvalue weighted by Crippen LogP contribution is -2.21. The first-order valence-electron chi connectivity index (χ1n) is 8.63. The number of nitrogens with one attached hydrogen (secondary N) is 1. The van der Waals surface area contributed by atoms with Gasteiger partial charge in [-0.2, -0.15) is 0 Å². The number of ether oxygens (including phenoxy) is 1. The first kappa shape index (κ1) is 20.7. The summed E-state index contributed by atoms with van der Waals surface area (Å²) in [6.45, 7) is 5.21. The number of amides is 1. The van der Waals surface area contributed by atoms with Crippen LogP contribution in [0.3, 0.4) is 0 Å². The zero-order valence-electron chi connectivity index (χ0n) is 15.7. The third-order valence-electron chi connectivity index (χ3n) is 3.90. The zero-order valence-corrected chi connectivity index (χ0v) is 16.5. The van der Waals surface area contributed by atoms with Crippen LogP contribution in [-0.2, 0) is 19.1 Å². The minimum Gasteiger partial charge on any atom is -0.456 e. The smallest absolute Gasteiger partial charge is 0.306 e. The van der Waals surface area contributed by atoms with E-state index in [1.54, 1.807) is 23.9 Å². The highest BCUT2D eigenvalue weighted by molar-refractivity contribution is 7.99. The maximum absolute atomic E-state index is 11.8.